The first kappa shape index (κ1) is 14.2. The van der Waals surface area contributed by atoms with Gasteiger partial charge in [-0.2, -0.15) is 0 Å². The lowest BCUT2D eigenvalue weighted by Crippen LogP contribution is -2.37. The Hall–Kier alpha value is -0.810. The molecule has 0 radical (unpaired) electrons. The van der Waals surface area contributed by atoms with Crippen molar-refractivity contribution in [2.75, 3.05) is 26.2 Å². The molecule has 0 aromatic rings. The van der Waals surface area contributed by atoms with Gasteiger partial charge in [-0.25, -0.2) is 0 Å². The number of hydrogen-bond acceptors (Lipinski definition) is 4. The number of hydrogen-bond donors (Lipinski definition) is 3. The van der Waals surface area contributed by atoms with E-state index in [1.165, 1.54) is 0 Å². The molecule has 0 amide bonds. The Morgan fingerprint density at radius 1 is 1.40 bits per heavy atom. The van der Waals surface area contributed by atoms with Gasteiger partial charge in [0.15, 0.2) is 0 Å². The fraction of sp³-hybridized carbons (Fsp3) is 0.900. The minimum absolute atomic E-state index is 0.165. The van der Waals surface area contributed by atoms with Gasteiger partial charge in [0.05, 0.1) is 6.61 Å². The average Bonchev–Trinajstić information content (AvgIpc) is 2.22. The minimum Gasteiger partial charge on any atom is -0.409 e. The van der Waals surface area contributed by atoms with E-state index in [9.17, 15) is 0 Å². The van der Waals surface area contributed by atoms with E-state index < -0.39 is 0 Å². The van der Waals surface area contributed by atoms with Crippen molar-refractivity contribution in [2.24, 2.45) is 16.3 Å². The fourth-order valence-electron chi connectivity index (χ4n) is 1.27. The molecule has 0 aromatic carbocycles. The summed E-state index contributed by atoms with van der Waals surface area (Å²) in [6, 6.07) is 0. The zero-order valence-electron chi connectivity index (χ0n) is 9.90. The van der Waals surface area contributed by atoms with Crippen LogP contribution >= 0.6 is 0 Å². The first-order valence-corrected chi connectivity index (χ1v) is 5.29. The summed E-state index contributed by atoms with van der Waals surface area (Å²) in [5.41, 5.74) is 5.28. The lowest BCUT2D eigenvalue weighted by molar-refractivity contribution is 0.189. The van der Waals surface area contributed by atoms with Crippen molar-refractivity contribution in [1.29, 1.82) is 0 Å². The van der Waals surface area contributed by atoms with Crippen LogP contribution in [0.3, 0.4) is 0 Å². The largest absolute Gasteiger partial charge is 0.409 e. The molecule has 0 bridgehead atoms. The Labute approximate surface area is 91.6 Å². The summed E-state index contributed by atoms with van der Waals surface area (Å²) < 4.78 is 0. The van der Waals surface area contributed by atoms with E-state index >= 15 is 0 Å². The van der Waals surface area contributed by atoms with Gasteiger partial charge in [-0.3, -0.25) is 0 Å². The molecular weight excluding hydrogens is 194 g/mol. The second kappa shape index (κ2) is 6.63. The Morgan fingerprint density at radius 3 is 2.40 bits per heavy atom. The number of likely N-dealkylation sites (N-methyl/N-ethyl adjacent to an activating group) is 1. The van der Waals surface area contributed by atoms with E-state index in [-0.39, 0.29) is 17.9 Å². The number of oxime groups is 1. The molecule has 0 aromatic heterocycles. The van der Waals surface area contributed by atoms with Gasteiger partial charge in [0.1, 0.15) is 5.84 Å². The maximum atomic E-state index is 8.82. The lowest BCUT2D eigenvalue weighted by atomic mass is 9.88. The lowest BCUT2D eigenvalue weighted by Gasteiger charge is -2.27. The van der Waals surface area contributed by atoms with Crippen LogP contribution in [0.4, 0.5) is 0 Å². The van der Waals surface area contributed by atoms with Crippen molar-refractivity contribution in [2.45, 2.75) is 27.2 Å². The highest BCUT2D eigenvalue weighted by Crippen LogP contribution is 2.20. The predicted molar refractivity (Wildman–Crippen MR) is 61.0 cm³/mol. The van der Waals surface area contributed by atoms with Gasteiger partial charge in [-0.15, -0.1) is 0 Å². The van der Waals surface area contributed by atoms with Crippen molar-refractivity contribution < 1.29 is 10.3 Å². The smallest absolute Gasteiger partial charge is 0.144 e. The highest BCUT2D eigenvalue weighted by Gasteiger charge is 2.23. The molecule has 0 heterocycles. The van der Waals surface area contributed by atoms with Crippen molar-refractivity contribution in [3.05, 3.63) is 0 Å². The summed E-state index contributed by atoms with van der Waals surface area (Å²) in [4.78, 5) is 2.13. The van der Waals surface area contributed by atoms with Gasteiger partial charge >= 0.3 is 0 Å². The van der Waals surface area contributed by atoms with Crippen LogP contribution in [0.5, 0.6) is 0 Å². The van der Waals surface area contributed by atoms with Gasteiger partial charge in [-0.05, 0) is 19.5 Å². The third kappa shape index (κ3) is 4.99. The van der Waals surface area contributed by atoms with E-state index in [1.54, 1.807) is 0 Å². The van der Waals surface area contributed by atoms with E-state index in [1.807, 2.05) is 20.8 Å². The standard InChI is InChI=1S/C10H23N3O2/c1-4-13(7-8-14)6-5-10(2,3)9(11)12-15/h14-15H,4-8H2,1-3H3,(H2,11,12). The second-order valence-electron chi connectivity index (χ2n) is 4.28. The molecule has 5 heteroatoms. The van der Waals surface area contributed by atoms with Gasteiger partial charge in [0.25, 0.3) is 0 Å². The SMILES string of the molecule is CCN(CCO)CCC(C)(C)C(N)=NO. The van der Waals surface area contributed by atoms with Crippen molar-refractivity contribution >= 4 is 5.84 Å². The summed E-state index contributed by atoms with van der Waals surface area (Å²) in [7, 11) is 0. The molecule has 0 saturated carbocycles. The number of nitrogens with zero attached hydrogens (tertiary/aromatic N) is 2. The summed E-state index contributed by atoms with van der Waals surface area (Å²) in [5.74, 6) is 0.252. The first-order valence-electron chi connectivity index (χ1n) is 5.29. The van der Waals surface area contributed by atoms with Crippen molar-refractivity contribution in [3.63, 3.8) is 0 Å². The maximum absolute atomic E-state index is 8.82. The molecule has 0 saturated heterocycles. The summed E-state index contributed by atoms with van der Waals surface area (Å²) in [6.45, 7) is 8.49. The fourth-order valence-corrected chi connectivity index (χ4v) is 1.27. The number of rotatable bonds is 7. The zero-order valence-corrected chi connectivity index (χ0v) is 9.90. The number of aliphatic hydroxyl groups excluding tert-OH is 1. The summed E-state index contributed by atoms with van der Waals surface area (Å²) in [6.07, 6.45) is 0.802. The first-order chi connectivity index (χ1) is 6.97. The highest BCUT2D eigenvalue weighted by atomic mass is 16.4. The average molecular weight is 217 g/mol. The Balaban J connectivity index is 4.12. The highest BCUT2D eigenvalue weighted by molar-refractivity contribution is 5.85. The molecule has 0 rings (SSSR count). The van der Waals surface area contributed by atoms with Crippen molar-refractivity contribution in [1.82, 2.24) is 4.90 Å². The maximum Gasteiger partial charge on any atom is 0.144 e. The molecule has 0 fully saturated rings. The molecule has 0 aliphatic heterocycles. The van der Waals surface area contributed by atoms with Gasteiger partial charge < -0.3 is 20.9 Å². The summed E-state index contributed by atoms with van der Waals surface area (Å²) >= 11 is 0. The zero-order chi connectivity index (χ0) is 11.9. The van der Waals surface area contributed by atoms with Crippen LogP contribution in [0.15, 0.2) is 5.16 Å². The molecule has 90 valence electrons. The molecule has 0 unspecified atom stereocenters. The van der Waals surface area contributed by atoms with Crippen LogP contribution in [0.1, 0.15) is 27.2 Å². The van der Waals surface area contributed by atoms with Gasteiger partial charge in [0.2, 0.25) is 0 Å². The molecule has 15 heavy (non-hydrogen) atoms. The topological polar surface area (TPSA) is 82.1 Å². The van der Waals surface area contributed by atoms with E-state index in [0.29, 0.717) is 6.54 Å². The molecule has 0 atom stereocenters. The second-order valence-corrected chi connectivity index (χ2v) is 4.28. The normalized spacial score (nSPS) is 13.5. The van der Waals surface area contributed by atoms with Crippen LogP contribution < -0.4 is 5.73 Å². The van der Waals surface area contributed by atoms with Crippen LogP contribution in [0, 0.1) is 5.41 Å². The number of amidine groups is 1. The number of nitrogens with two attached hydrogens (primary N) is 1. The number of aliphatic hydroxyl groups is 1. The monoisotopic (exact) mass is 217 g/mol. The van der Waals surface area contributed by atoms with Crippen LogP contribution in [0.2, 0.25) is 0 Å². The van der Waals surface area contributed by atoms with Gasteiger partial charge in [-0.1, -0.05) is 25.9 Å². The molecular formula is C10H23N3O2. The van der Waals surface area contributed by atoms with E-state index in [0.717, 1.165) is 19.5 Å². The molecule has 0 aliphatic carbocycles. The summed E-state index contributed by atoms with van der Waals surface area (Å²) in [5, 5.41) is 20.5. The van der Waals surface area contributed by atoms with E-state index in [4.69, 9.17) is 16.0 Å². The van der Waals surface area contributed by atoms with Crippen molar-refractivity contribution in [3.8, 4) is 0 Å². The molecule has 5 nitrogen and oxygen atoms in total. The van der Waals surface area contributed by atoms with Crippen LogP contribution in [-0.2, 0) is 0 Å². The Morgan fingerprint density at radius 2 is 2.00 bits per heavy atom. The Kier molecular flexibility index (Phi) is 6.27. The third-order valence-corrected chi connectivity index (χ3v) is 2.72. The third-order valence-electron chi connectivity index (χ3n) is 2.72. The molecule has 0 aliphatic rings. The van der Waals surface area contributed by atoms with Gasteiger partial charge in [0, 0.05) is 12.0 Å². The van der Waals surface area contributed by atoms with Crippen LogP contribution in [-0.4, -0.2) is 47.3 Å². The van der Waals surface area contributed by atoms with Crippen LogP contribution in [0.25, 0.3) is 0 Å². The van der Waals surface area contributed by atoms with E-state index in [2.05, 4.69) is 10.1 Å². The quantitative estimate of drug-likeness (QED) is 0.250. The minimum atomic E-state index is -0.308. The molecule has 4 N–H and O–H groups in total. The Bertz CT molecular complexity index is 205. The predicted octanol–water partition coefficient (Wildman–Crippen LogP) is 0.463. The molecule has 0 spiro atoms.